The molecule has 0 bridgehead atoms. The van der Waals surface area contributed by atoms with Crippen LogP contribution < -0.4 is 5.73 Å². The summed E-state index contributed by atoms with van der Waals surface area (Å²) in [6.07, 6.45) is -1.52. The Morgan fingerprint density at radius 3 is 2.40 bits per heavy atom. The van der Waals surface area contributed by atoms with Crippen LogP contribution in [0.3, 0.4) is 0 Å². The molecule has 0 amide bonds. The van der Waals surface area contributed by atoms with Gasteiger partial charge in [-0.1, -0.05) is 0 Å². The van der Waals surface area contributed by atoms with Crippen molar-refractivity contribution in [3.63, 3.8) is 0 Å². The number of hydrogen-bond acceptors (Lipinski definition) is 2. The van der Waals surface area contributed by atoms with E-state index in [1.165, 1.54) is 0 Å². The largest absolute Gasteiger partial charge is 0.384 e. The maximum absolute atomic E-state index is 11.7. The van der Waals surface area contributed by atoms with Crippen molar-refractivity contribution in [3.05, 3.63) is 11.8 Å². The van der Waals surface area contributed by atoms with Crippen LogP contribution in [0.4, 0.5) is 14.6 Å². The molecular formula is C4H6ClF2N3. The lowest BCUT2D eigenvalue weighted by atomic mass is 10.3. The van der Waals surface area contributed by atoms with Gasteiger partial charge in [0.2, 0.25) is 0 Å². The lowest BCUT2D eigenvalue weighted by Gasteiger charge is -1.92. The minimum Gasteiger partial charge on any atom is -0.384 e. The summed E-state index contributed by atoms with van der Waals surface area (Å²) in [6.45, 7) is 0. The monoisotopic (exact) mass is 169 g/mol. The number of nitrogens with one attached hydrogen (secondary N) is 1. The number of anilines is 1. The Kier molecular flexibility index (Phi) is 3.08. The van der Waals surface area contributed by atoms with Crippen molar-refractivity contribution in [2.45, 2.75) is 6.43 Å². The van der Waals surface area contributed by atoms with Gasteiger partial charge in [0.1, 0.15) is 5.82 Å². The molecule has 58 valence electrons. The van der Waals surface area contributed by atoms with Crippen molar-refractivity contribution in [1.29, 1.82) is 0 Å². The third-order valence-electron chi connectivity index (χ3n) is 0.935. The van der Waals surface area contributed by atoms with E-state index >= 15 is 0 Å². The number of hydrogen-bond donors (Lipinski definition) is 2. The van der Waals surface area contributed by atoms with Crippen LogP contribution in [-0.2, 0) is 0 Å². The summed E-state index contributed by atoms with van der Waals surface area (Å²) in [5.74, 6) is -0.0648. The van der Waals surface area contributed by atoms with Gasteiger partial charge in [-0.15, -0.1) is 12.4 Å². The van der Waals surface area contributed by atoms with E-state index in [9.17, 15) is 8.78 Å². The zero-order chi connectivity index (χ0) is 6.85. The van der Waals surface area contributed by atoms with Crippen LogP contribution in [-0.4, -0.2) is 10.2 Å². The molecule has 0 saturated carbocycles. The topological polar surface area (TPSA) is 54.7 Å². The average Bonchev–Trinajstić information content (AvgIpc) is 2.13. The number of nitrogens with two attached hydrogens (primary N) is 1. The molecule has 3 nitrogen and oxygen atoms in total. The molecule has 6 heteroatoms. The van der Waals surface area contributed by atoms with Crippen molar-refractivity contribution in [1.82, 2.24) is 10.2 Å². The van der Waals surface area contributed by atoms with E-state index in [0.29, 0.717) is 0 Å². The molecule has 3 N–H and O–H groups in total. The van der Waals surface area contributed by atoms with Crippen LogP contribution in [0, 0.1) is 0 Å². The minimum atomic E-state index is -2.54. The molecule has 0 fully saturated rings. The first kappa shape index (κ1) is 9.16. The standard InChI is InChI=1S/C4H5F2N3.ClH/c5-3(6)2-1-8-9-4(2)7;/h1,3H,(H3,7,8,9);1H. The van der Waals surface area contributed by atoms with E-state index in [0.717, 1.165) is 6.20 Å². The van der Waals surface area contributed by atoms with Crippen molar-refractivity contribution < 1.29 is 8.78 Å². The Morgan fingerprint density at radius 1 is 1.60 bits per heavy atom. The highest BCUT2D eigenvalue weighted by molar-refractivity contribution is 5.85. The quantitative estimate of drug-likeness (QED) is 0.667. The molecule has 0 aliphatic carbocycles. The number of halogens is 3. The lowest BCUT2D eigenvalue weighted by molar-refractivity contribution is 0.152. The normalized spacial score (nSPS) is 9.50. The molecule has 0 aliphatic heterocycles. The maximum Gasteiger partial charge on any atom is 0.268 e. The van der Waals surface area contributed by atoms with Crippen LogP contribution in [0.1, 0.15) is 12.0 Å². The number of alkyl halides is 2. The number of aromatic nitrogens is 2. The summed E-state index contributed by atoms with van der Waals surface area (Å²) < 4.78 is 23.4. The smallest absolute Gasteiger partial charge is 0.268 e. The number of rotatable bonds is 1. The van der Waals surface area contributed by atoms with Crippen LogP contribution in [0.2, 0.25) is 0 Å². The van der Waals surface area contributed by atoms with Crippen LogP contribution in [0.5, 0.6) is 0 Å². The first-order valence-electron chi connectivity index (χ1n) is 2.28. The number of nitrogen functional groups attached to an aromatic ring is 1. The fourth-order valence-electron chi connectivity index (χ4n) is 0.479. The minimum absolute atomic E-state index is 0. The van der Waals surface area contributed by atoms with Crippen LogP contribution >= 0.6 is 12.4 Å². The van der Waals surface area contributed by atoms with Crippen molar-refractivity contribution in [2.24, 2.45) is 0 Å². The van der Waals surface area contributed by atoms with Gasteiger partial charge in [-0.2, -0.15) is 5.10 Å². The van der Waals surface area contributed by atoms with Gasteiger partial charge in [0.15, 0.2) is 0 Å². The highest BCUT2D eigenvalue weighted by atomic mass is 35.5. The fraction of sp³-hybridized carbons (Fsp3) is 0.250. The first-order valence-corrected chi connectivity index (χ1v) is 2.28. The van der Waals surface area contributed by atoms with Crippen LogP contribution in [0.25, 0.3) is 0 Å². The third-order valence-corrected chi connectivity index (χ3v) is 0.935. The van der Waals surface area contributed by atoms with Gasteiger partial charge in [-0.3, -0.25) is 5.10 Å². The van der Waals surface area contributed by atoms with Gasteiger partial charge in [0, 0.05) is 0 Å². The second kappa shape index (κ2) is 3.36. The molecule has 0 atom stereocenters. The van der Waals surface area contributed by atoms with E-state index in [1.807, 2.05) is 0 Å². The fourth-order valence-corrected chi connectivity index (χ4v) is 0.479. The molecule has 1 rings (SSSR count). The summed E-state index contributed by atoms with van der Waals surface area (Å²) in [5.41, 5.74) is 4.80. The number of nitrogens with zero attached hydrogens (tertiary/aromatic N) is 1. The van der Waals surface area contributed by atoms with Gasteiger partial charge >= 0.3 is 0 Å². The zero-order valence-corrected chi connectivity index (χ0v) is 5.66. The molecule has 0 aliphatic rings. The number of H-pyrrole nitrogens is 1. The molecule has 0 radical (unpaired) electrons. The molecule has 0 saturated heterocycles. The van der Waals surface area contributed by atoms with E-state index in [4.69, 9.17) is 5.73 Å². The van der Waals surface area contributed by atoms with Gasteiger partial charge in [0.05, 0.1) is 11.8 Å². The maximum atomic E-state index is 11.7. The molecule has 1 heterocycles. The molecule has 0 spiro atoms. The average molecular weight is 170 g/mol. The van der Waals surface area contributed by atoms with Gasteiger partial charge < -0.3 is 5.73 Å². The Bertz CT molecular complexity index is 200. The first-order chi connectivity index (χ1) is 4.22. The van der Waals surface area contributed by atoms with Crippen molar-refractivity contribution in [2.75, 3.05) is 5.73 Å². The Labute approximate surface area is 62.0 Å². The van der Waals surface area contributed by atoms with E-state index < -0.39 is 6.43 Å². The highest BCUT2D eigenvalue weighted by Crippen LogP contribution is 2.21. The summed E-state index contributed by atoms with van der Waals surface area (Å²) in [6, 6.07) is 0. The molecule has 10 heavy (non-hydrogen) atoms. The predicted octanol–water partition coefficient (Wildman–Crippen LogP) is 1.35. The molecule has 1 aromatic rings. The molecule has 0 unspecified atom stereocenters. The number of aromatic amines is 1. The van der Waals surface area contributed by atoms with Crippen molar-refractivity contribution in [3.8, 4) is 0 Å². The molecular weight excluding hydrogens is 164 g/mol. The van der Waals surface area contributed by atoms with E-state index in [-0.39, 0.29) is 23.8 Å². The summed E-state index contributed by atoms with van der Waals surface area (Å²) in [4.78, 5) is 0. The second-order valence-electron chi connectivity index (χ2n) is 1.54. The van der Waals surface area contributed by atoms with Crippen LogP contribution in [0.15, 0.2) is 6.20 Å². The third kappa shape index (κ3) is 1.57. The SMILES string of the molecule is Cl.Nc1[nH]ncc1C(F)F. The summed E-state index contributed by atoms with van der Waals surface area (Å²) >= 11 is 0. The molecule has 1 aromatic heterocycles. The van der Waals surface area contributed by atoms with Gasteiger partial charge in [-0.05, 0) is 0 Å². The van der Waals surface area contributed by atoms with E-state index in [2.05, 4.69) is 10.2 Å². The Balaban J connectivity index is 0.000000810. The summed E-state index contributed by atoms with van der Waals surface area (Å²) in [5, 5.41) is 5.51. The van der Waals surface area contributed by atoms with Gasteiger partial charge in [-0.25, -0.2) is 8.78 Å². The molecule has 0 aromatic carbocycles. The van der Waals surface area contributed by atoms with Crippen molar-refractivity contribution >= 4 is 18.2 Å². The Morgan fingerprint density at radius 2 is 2.20 bits per heavy atom. The zero-order valence-electron chi connectivity index (χ0n) is 4.84. The lowest BCUT2D eigenvalue weighted by Crippen LogP contribution is -1.90. The van der Waals surface area contributed by atoms with E-state index in [1.54, 1.807) is 0 Å². The van der Waals surface area contributed by atoms with Gasteiger partial charge in [0.25, 0.3) is 6.43 Å². The second-order valence-corrected chi connectivity index (χ2v) is 1.54. The highest BCUT2D eigenvalue weighted by Gasteiger charge is 2.11. The Hall–Kier alpha value is -0.840. The summed E-state index contributed by atoms with van der Waals surface area (Å²) in [7, 11) is 0. The predicted molar refractivity (Wildman–Crippen MR) is 35.2 cm³/mol.